The van der Waals surface area contributed by atoms with Crippen LogP contribution < -0.4 is 10.1 Å². The number of benzene rings is 1. The second-order valence-electron chi connectivity index (χ2n) is 3.53. The van der Waals surface area contributed by atoms with E-state index in [1.165, 1.54) is 16.4 Å². The van der Waals surface area contributed by atoms with Gasteiger partial charge in [0.1, 0.15) is 12.4 Å². The summed E-state index contributed by atoms with van der Waals surface area (Å²) >= 11 is 2.30. The monoisotopic (exact) mass is 303 g/mol. The number of hydrogen-bond acceptors (Lipinski definition) is 2. The summed E-state index contributed by atoms with van der Waals surface area (Å²) in [6.07, 6.45) is 2.52. The Bertz CT molecular complexity index is 297. The lowest BCUT2D eigenvalue weighted by molar-refractivity contribution is 0.275. The Hall–Kier alpha value is -0.290. The predicted octanol–water partition coefficient (Wildman–Crippen LogP) is 2.42. The minimum absolute atomic E-state index is 0.547. The number of ether oxygens (including phenoxy) is 1. The maximum Gasteiger partial charge on any atom is 0.132 e. The molecule has 1 fully saturated rings. The lowest BCUT2D eigenvalue weighted by Gasteiger charge is -2.12. The molecule has 2 nitrogen and oxygen atoms in total. The highest BCUT2D eigenvalue weighted by Crippen LogP contribution is 2.20. The van der Waals surface area contributed by atoms with E-state index in [9.17, 15) is 0 Å². The van der Waals surface area contributed by atoms with Gasteiger partial charge in [0.2, 0.25) is 0 Å². The van der Waals surface area contributed by atoms with Gasteiger partial charge in [0.15, 0.2) is 0 Å². The molecule has 0 saturated carbocycles. The average molecular weight is 303 g/mol. The Balaban J connectivity index is 1.88. The molecule has 0 aromatic heterocycles. The van der Waals surface area contributed by atoms with Crippen molar-refractivity contribution in [2.45, 2.75) is 18.9 Å². The van der Waals surface area contributed by atoms with Crippen LogP contribution in [0.4, 0.5) is 0 Å². The molecule has 0 aliphatic carbocycles. The van der Waals surface area contributed by atoms with E-state index in [2.05, 4.69) is 34.0 Å². The zero-order chi connectivity index (χ0) is 9.80. The van der Waals surface area contributed by atoms with Crippen LogP contribution >= 0.6 is 22.6 Å². The fourth-order valence-electron chi connectivity index (χ4n) is 1.65. The number of hydrogen-bond donors (Lipinski definition) is 1. The van der Waals surface area contributed by atoms with Gasteiger partial charge in [-0.2, -0.15) is 0 Å². The van der Waals surface area contributed by atoms with E-state index < -0.39 is 0 Å². The predicted molar refractivity (Wildman–Crippen MR) is 65.7 cm³/mol. The quantitative estimate of drug-likeness (QED) is 0.866. The molecular weight excluding hydrogens is 289 g/mol. The second kappa shape index (κ2) is 4.98. The molecule has 1 aliphatic rings. The first-order valence-electron chi connectivity index (χ1n) is 4.97. The molecule has 1 aliphatic heterocycles. The Kier molecular flexibility index (Phi) is 3.64. The Morgan fingerprint density at radius 2 is 2.29 bits per heavy atom. The van der Waals surface area contributed by atoms with Gasteiger partial charge >= 0.3 is 0 Å². The van der Waals surface area contributed by atoms with Crippen LogP contribution in [0.3, 0.4) is 0 Å². The van der Waals surface area contributed by atoms with Crippen molar-refractivity contribution in [3.63, 3.8) is 0 Å². The highest BCUT2D eigenvalue weighted by atomic mass is 127. The molecule has 0 bridgehead atoms. The highest BCUT2D eigenvalue weighted by molar-refractivity contribution is 14.1. The van der Waals surface area contributed by atoms with E-state index in [1.54, 1.807) is 0 Å². The third kappa shape index (κ3) is 2.60. The molecule has 1 aromatic carbocycles. The molecule has 1 atom stereocenters. The molecule has 1 unspecified atom stereocenters. The van der Waals surface area contributed by atoms with Crippen LogP contribution in [0.15, 0.2) is 24.3 Å². The summed E-state index contributed by atoms with van der Waals surface area (Å²) in [6, 6.07) is 8.68. The SMILES string of the molecule is Ic1ccccc1OCC1CCCN1. The van der Waals surface area contributed by atoms with Gasteiger partial charge in [0.25, 0.3) is 0 Å². The molecule has 76 valence electrons. The molecule has 0 spiro atoms. The summed E-state index contributed by atoms with van der Waals surface area (Å²) in [5, 5.41) is 3.42. The van der Waals surface area contributed by atoms with Crippen LogP contribution in [0.2, 0.25) is 0 Å². The average Bonchev–Trinajstić information content (AvgIpc) is 2.69. The molecule has 1 saturated heterocycles. The summed E-state index contributed by atoms with van der Waals surface area (Å²) in [5.74, 6) is 1.00. The molecule has 0 radical (unpaired) electrons. The van der Waals surface area contributed by atoms with Gasteiger partial charge < -0.3 is 10.1 Å². The number of para-hydroxylation sites is 1. The van der Waals surface area contributed by atoms with Gasteiger partial charge in [-0.3, -0.25) is 0 Å². The van der Waals surface area contributed by atoms with Crippen molar-refractivity contribution in [2.24, 2.45) is 0 Å². The third-order valence-corrected chi connectivity index (χ3v) is 3.33. The van der Waals surface area contributed by atoms with Crippen LogP contribution in [0, 0.1) is 3.57 Å². The fraction of sp³-hybridized carbons (Fsp3) is 0.455. The van der Waals surface area contributed by atoms with E-state index in [0.29, 0.717) is 6.04 Å². The van der Waals surface area contributed by atoms with Gasteiger partial charge in [-0.25, -0.2) is 0 Å². The maximum absolute atomic E-state index is 5.75. The summed E-state index contributed by atoms with van der Waals surface area (Å²) < 4.78 is 6.93. The van der Waals surface area contributed by atoms with Gasteiger partial charge in [0, 0.05) is 6.04 Å². The van der Waals surface area contributed by atoms with Gasteiger partial charge in [0.05, 0.1) is 3.57 Å². The number of nitrogens with one attached hydrogen (secondary N) is 1. The third-order valence-electron chi connectivity index (χ3n) is 2.44. The topological polar surface area (TPSA) is 21.3 Å². The number of rotatable bonds is 3. The van der Waals surface area contributed by atoms with E-state index in [1.807, 2.05) is 18.2 Å². The van der Waals surface area contributed by atoms with Crippen molar-refractivity contribution in [1.29, 1.82) is 0 Å². The van der Waals surface area contributed by atoms with Gasteiger partial charge in [-0.1, -0.05) is 12.1 Å². The molecule has 3 heteroatoms. The summed E-state index contributed by atoms with van der Waals surface area (Å²) in [6.45, 7) is 1.93. The minimum Gasteiger partial charge on any atom is -0.491 e. The van der Waals surface area contributed by atoms with Crippen molar-refractivity contribution in [1.82, 2.24) is 5.32 Å². The molecule has 1 aromatic rings. The Labute approximate surface area is 98.2 Å². The lowest BCUT2D eigenvalue weighted by atomic mass is 10.2. The molecule has 0 amide bonds. The first-order valence-corrected chi connectivity index (χ1v) is 6.05. The lowest BCUT2D eigenvalue weighted by Crippen LogP contribution is -2.28. The van der Waals surface area contributed by atoms with Crippen LogP contribution in [0.5, 0.6) is 5.75 Å². The normalized spacial score (nSPS) is 21.1. The minimum atomic E-state index is 0.547. The summed E-state index contributed by atoms with van der Waals surface area (Å²) in [5.41, 5.74) is 0. The van der Waals surface area contributed by atoms with Crippen molar-refractivity contribution in [3.05, 3.63) is 27.8 Å². The van der Waals surface area contributed by atoms with Crippen LogP contribution in [0.1, 0.15) is 12.8 Å². The first kappa shape index (κ1) is 10.2. The first-order chi connectivity index (χ1) is 6.86. The van der Waals surface area contributed by atoms with Crippen LogP contribution in [-0.4, -0.2) is 19.2 Å². The molecular formula is C11H14INO. The van der Waals surface area contributed by atoms with Gasteiger partial charge in [-0.15, -0.1) is 0 Å². The van der Waals surface area contributed by atoms with Crippen LogP contribution in [0.25, 0.3) is 0 Å². The standard InChI is InChI=1S/C11H14INO/c12-10-5-1-2-6-11(10)14-8-9-4-3-7-13-9/h1-2,5-6,9,13H,3-4,7-8H2. The highest BCUT2D eigenvalue weighted by Gasteiger charge is 2.14. The van der Waals surface area contributed by atoms with Crippen molar-refractivity contribution < 1.29 is 4.74 Å². The fourth-order valence-corrected chi connectivity index (χ4v) is 2.19. The Morgan fingerprint density at radius 3 is 3.00 bits per heavy atom. The molecule has 1 heterocycles. The second-order valence-corrected chi connectivity index (χ2v) is 4.70. The molecule has 14 heavy (non-hydrogen) atoms. The van der Waals surface area contributed by atoms with E-state index in [-0.39, 0.29) is 0 Å². The van der Waals surface area contributed by atoms with Gasteiger partial charge in [-0.05, 0) is 54.1 Å². The molecule has 1 N–H and O–H groups in total. The summed E-state index contributed by atoms with van der Waals surface area (Å²) in [7, 11) is 0. The van der Waals surface area contributed by atoms with E-state index in [0.717, 1.165) is 18.9 Å². The maximum atomic E-state index is 5.75. The van der Waals surface area contributed by atoms with E-state index >= 15 is 0 Å². The zero-order valence-corrected chi connectivity index (χ0v) is 10.2. The van der Waals surface area contributed by atoms with Crippen molar-refractivity contribution in [2.75, 3.05) is 13.2 Å². The zero-order valence-electron chi connectivity index (χ0n) is 8.00. The smallest absolute Gasteiger partial charge is 0.132 e. The van der Waals surface area contributed by atoms with Crippen LogP contribution in [-0.2, 0) is 0 Å². The Morgan fingerprint density at radius 1 is 1.43 bits per heavy atom. The van der Waals surface area contributed by atoms with Crippen molar-refractivity contribution >= 4 is 22.6 Å². The molecule has 2 rings (SSSR count). The summed E-state index contributed by atoms with van der Waals surface area (Å²) in [4.78, 5) is 0. The number of halogens is 1. The largest absolute Gasteiger partial charge is 0.491 e. The van der Waals surface area contributed by atoms with Crippen molar-refractivity contribution in [3.8, 4) is 5.75 Å². The van der Waals surface area contributed by atoms with E-state index in [4.69, 9.17) is 4.74 Å².